The zero-order chi connectivity index (χ0) is 113. The maximum absolute atomic E-state index is 2.47. The summed E-state index contributed by atoms with van der Waals surface area (Å²) in [4.78, 5) is 4.75. The third-order valence-corrected chi connectivity index (χ3v) is 23.2. The second kappa shape index (κ2) is 75.7. The zero-order valence-corrected chi connectivity index (χ0v) is 102. The van der Waals surface area contributed by atoms with E-state index in [1.54, 1.807) is 0 Å². The number of benzene rings is 11. The van der Waals surface area contributed by atoms with Crippen LogP contribution < -0.4 is 28.0 Å². The fourth-order valence-electron chi connectivity index (χ4n) is 17.6. The van der Waals surface area contributed by atoms with Crippen LogP contribution in [-0.4, -0.2) is 45.6 Å². The summed E-state index contributed by atoms with van der Waals surface area (Å²) in [5, 5.41) is 11.8. The van der Waals surface area contributed by atoms with Crippen LogP contribution in [0, 0.1) is 41.5 Å². The predicted molar refractivity (Wildman–Crippen MR) is 673 cm³/mol. The molecule has 2 aliphatic rings. The molecule has 20 aromatic rings. The largest absolute Gasteiger partial charge is 0.369 e. The van der Waals surface area contributed by atoms with Crippen LogP contribution in [0.4, 0.5) is 5.69 Å². The smallest absolute Gasteiger partial charge is 0.358 e. The number of hydrogen-bond donors (Lipinski definition) is 0. The fourth-order valence-corrected chi connectivity index (χ4v) is 17.6. The van der Waals surface area contributed by atoms with E-state index in [2.05, 4.69) is 474 Å². The van der Waals surface area contributed by atoms with Crippen molar-refractivity contribution in [2.75, 3.05) is 11.9 Å². The van der Waals surface area contributed by atoms with Crippen LogP contribution in [0.25, 0.3) is 133 Å². The zero-order valence-electron chi connectivity index (χ0n) is 102. The van der Waals surface area contributed by atoms with Crippen LogP contribution in [0.3, 0.4) is 0 Å². The van der Waals surface area contributed by atoms with Crippen molar-refractivity contribution >= 4 is 104 Å². The van der Waals surface area contributed by atoms with Gasteiger partial charge in [0.25, 0.3) is 11.5 Å². The lowest BCUT2D eigenvalue weighted by molar-refractivity contribution is -0.744. The summed E-state index contributed by atoms with van der Waals surface area (Å²) >= 11 is 0. The SMILES string of the molecule is C.CC.CC.CC.CC.CC.CC.CC.CC.CC.CC.CC.CC.CC.CC.CC.CC.CC.Cc1cccc2c1N1C(=CN(C)[C@@H]1C)c1ccccc1-2.Cc1cccc2c3ccccc3c3cc[n+](C)n3c12.Cc1cccc2c3ccccc3n(-c3cccc[n+]3C)c12.Cc1cccc2c3ccccc3n(-c3n(C)cc[n+]3C)c12.Cc1ccccc1-n1c2ccccc2c2ccc[n+](C)c21.Cc1ccccc1-n1ccc[n+]1C. The summed E-state index contributed by atoms with van der Waals surface area (Å²) in [7, 11) is 14.7. The highest BCUT2D eigenvalue weighted by atomic mass is 15.4. The molecule has 0 saturated heterocycles. The summed E-state index contributed by atoms with van der Waals surface area (Å²) in [5.41, 5.74) is 27.1. The van der Waals surface area contributed by atoms with Gasteiger partial charge >= 0.3 is 5.95 Å². The van der Waals surface area contributed by atoms with Crippen LogP contribution in [0.5, 0.6) is 0 Å². The molecule has 0 unspecified atom stereocenters. The van der Waals surface area contributed by atoms with Gasteiger partial charge in [0.15, 0.2) is 26.5 Å². The van der Waals surface area contributed by atoms with Crippen LogP contribution in [0.1, 0.15) is 289 Å². The number of rotatable bonds is 4. The van der Waals surface area contributed by atoms with Crippen molar-refractivity contribution in [2.45, 2.75) is 297 Å². The number of aryl methyl sites for hydroxylation is 12. The molecular weight excluding hydrogens is 1830 g/mol. The molecule has 0 amide bonds. The third kappa shape index (κ3) is 32.1. The van der Waals surface area contributed by atoms with Crippen molar-refractivity contribution in [3.8, 4) is 34.3 Å². The lowest BCUT2D eigenvalue weighted by Crippen LogP contribution is -2.36. The van der Waals surface area contributed by atoms with Crippen molar-refractivity contribution in [1.82, 2.24) is 32.4 Å². The molecule has 0 spiro atoms. The molecule has 812 valence electrons. The van der Waals surface area contributed by atoms with E-state index in [4.69, 9.17) is 0 Å². The molecule has 11 heterocycles. The molecule has 2 aliphatic heterocycles. The van der Waals surface area contributed by atoms with E-state index < -0.39 is 0 Å². The highest BCUT2D eigenvalue weighted by Gasteiger charge is 2.36. The number of imidazole rings is 1. The Labute approximate surface area is 913 Å². The molecule has 150 heavy (non-hydrogen) atoms. The van der Waals surface area contributed by atoms with Crippen molar-refractivity contribution in [2.24, 2.45) is 42.3 Å². The van der Waals surface area contributed by atoms with Crippen molar-refractivity contribution in [3.05, 3.63) is 374 Å². The molecule has 0 aliphatic carbocycles. The van der Waals surface area contributed by atoms with Gasteiger partial charge < -0.3 is 9.80 Å². The molecule has 0 fully saturated rings. The van der Waals surface area contributed by atoms with Gasteiger partial charge in [0.05, 0.1) is 75.9 Å². The van der Waals surface area contributed by atoms with Gasteiger partial charge in [-0.15, -0.1) is 18.6 Å². The lowest BCUT2D eigenvalue weighted by Gasteiger charge is -2.36. The maximum atomic E-state index is 2.47. The minimum atomic E-state index is 0. The van der Waals surface area contributed by atoms with E-state index in [1.165, 1.54) is 171 Å². The number of nitrogens with zero attached hydrogens (tertiary/aromatic N) is 13. The van der Waals surface area contributed by atoms with E-state index in [1.807, 2.05) is 255 Å². The summed E-state index contributed by atoms with van der Waals surface area (Å²) in [6, 6.07) is 101. The molecule has 0 radical (unpaired) electrons. The first-order valence-corrected chi connectivity index (χ1v) is 56.6. The average Bonchev–Trinajstić information content (AvgIpc) is 1.60. The average molecular weight is 2030 g/mol. The van der Waals surface area contributed by atoms with Crippen LogP contribution in [0.2, 0.25) is 0 Å². The monoisotopic (exact) mass is 2030 g/mol. The van der Waals surface area contributed by atoms with Crippen LogP contribution in [-0.2, 0) is 42.3 Å². The number of pyridine rings is 3. The van der Waals surface area contributed by atoms with Gasteiger partial charge in [-0.3, -0.25) is 0 Å². The standard InChI is InChI=1S/2C19H17N2.C18H18N3.C18H18N2.C17H15N2.C11H13N2.17C2H6.CH4/c1-14-8-3-5-11-17(14)21-18-12-6-4-9-15(18)16-10-7-13-20(2)19(16)21;1-14-8-7-10-16-15-9-3-4-11-17(15)21(19(14)16)18-12-5-6-13-20(18)2;1-13-7-6-9-15-14-8-4-5-10-16(14)21(17(13)15)18-19(2)11-12-20(18)3;1-12-7-6-10-16-14-8-4-5-9-15(14)17-11-19(3)13(2)20(17)18(12)16;1-12-6-5-9-15-13-7-3-4-8-14(13)16-10-11-18(2)19(16)17(12)15;1-10-6-3-4-7-11(10)13-9-5-8-12(13)2;17*1-2;/h2*3-13H,1-2H3;4-12H,1-3H3;4-11,13H,1-3H3;3-11H,1-2H3;3-9H,1-2H3;17*1-2H3;1H4/q3*+1;;2*+1;;;;;;;;;;;;;;;;;;/t;;;13-;;;;;;;;;;;;;;;;;;;;/m...0..................../s1. The summed E-state index contributed by atoms with van der Waals surface area (Å²) < 4.78 is 24.4. The number of fused-ring (bicyclic) bond motifs is 21. The molecule has 0 N–H and O–H groups in total. The predicted octanol–water partition coefficient (Wildman–Crippen LogP) is 38.2. The molecule has 13 heteroatoms. The Hall–Kier alpha value is -13.9. The maximum Gasteiger partial charge on any atom is 0.369 e. The number of anilines is 1. The van der Waals surface area contributed by atoms with E-state index in [9.17, 15) is 0 Å². The molecule has 11 aromatic carbocycles. The third-order valence-electron chi connectivity index (χ3n) is 23.2. The van der Waals surface area contributed by atoms with Gasteiger partial charge in [-0.2, -0.15) is 13.7 Å². The molecular formula is C137H204N13+5. The number of hydrogen-bond acceptors (Lipinski definition) is 2. The first kappa shape index (κ1) is 138. The van der Waals surface area contributed by atoms with Crippen molar-refractivity contribution in [1.29, 1.82) is 0 Å². The van der Waals surface area contributed by atoms with Gasteiger partial charge in [0, 0.05) is 80.3 Å². The Kier molecular flexibility index (Phi) is 69.7. The van der Waals surface area contributed by atoms with Gasteiger partial charge in [-0.1, -0.05) is 443 Å². The minimum Gasteiger partial charge on any atom is -0.358 e. The quantitative estimate of drug-likeness (QED) is 0.130. The highest BCUT2D eigenvalue weighted by Crippen LogP contribution is 2.49. The van der Waals surface area contributed by atoms with Gasteiger partial charge in [-0.25, -0.2) is 18.3 Å². The van der Waals surface area contributed by atoms with Crippen molar-refractivity contribution in [3.63, 3.8) is 0 Å². The van der Waals surface area contributed by atoms with E-state index in [0.717, 1.165) is 5.95 Å². The summed E-state index contributed by atoms with van der Waals surface area (Å²) in [6.45, 7) is 83.3. The molecule has 22 rings (SSSR count). The molecule has 1 atom stereocenters. The highest BCUT2D eigenvalue weighted by molar-refractivity contribution is 6.14. The number of para-hydroxylation sites is 9. The first-order valence-electron chi connectivity index (χ1n) is 56.6. The van der Waals surface area contributed by atoms with Crippen LogP contribution >= 0.6 is 0 Å². The van der Waals surface area contributed by atoms with E-state index >= 15 is 0 Å². The Morgan fingerprint density at radius 2 is 0.607 bits per heavy atom. The van der Waals surface area contributed by atoms with Crippen LogP contribution in [0.15, 0.2) is 335 Å². The Morgan fingerprint density at radius 1 is 0.247 bits per heavy atom. The number of aromatic nitrogens is 11. The first-order chi connectivity index (χ1) is 73.0. The van der Waals surface area contributed by atoms with Gasteiger partial charge in [-0.05, 0) is 160 Å². The van der Waals surface area contributed by atoms with Gasteiger partial charge in [0.2, 0.25) is 0 Å². The Bertz CT molecular complexity index is 6970. The fraction of sp³-hybridized carbons (Fsp3) is 0.365. The topological polar surface area (TPSA) is 54.9 Å². The molecule has 0 saturated carbocycles. The Balaban J connectivity index is 0. The van der Waals surface area contributed by atoms with Crippen molar-refractivity contribution < 1.29 is 23.1 Å². The molecule has 9 aromatic heterocycles. The Morgan fingerprint density at radius 3 is 1.07 bits per heavy atom. The lowest BCUT2D eigenvalue weighted by atomic mass is 9.90. The normalized spacial score (nSPS) is 10.4. The van der Waals surface area contributed by atoms with E-state index in [0.29, 0.717) is 6.17 Å². The molecule has 0 bridgehead atoms. The second-order valence-electron chi connectivity index (χ2n) is 30.6. The second-order valence-corrected chi connectivity index (χ2v) is 30.6. The summed E-state index contributed by atoms with van der Waals surface area (Å²) in [6.07, 6.45) is 17.2. The van der Waals surface area contributed by atoms with E-state index in [-0.39, 0.29) is 7.43 Å². The van der Waals surface area contributed by atoms with Gasteiger partial charge in [0.1, 0.15) is 56.2 Å². The summed E-state index contributed by atoms with van der Waals surface area (Å²) in [5.74, 6) is 2.34. The molecule has 13 nitrogen and oxygen atoms in total. The minimum absolute atomic E-state index is 0.